The van der Waals surface area contributed by atoms with Gasteiger partial charge in [0, 0.05) is 0 Å². The minimum absolute atomic E-state index is 0.0389. The highest BCUT2D eigenvalue weighted by Gasteiger charge is 2.33. The van der Waals surface area contributed by atoms with Crippen molar-refractivity contribution in [2.24, 2.45) is 0 Å². The molecule has 0 bridgehead atoms. The van der Waals surface area contributed by atoms with Crippen LogP contribution in [0.4, 0.5) is 4.39 Å². The lowest BCUT2D eigenvalue weighted by atomic mass is 10.3. The topological polar surface area (TPSA) is 52.6 Å². The highest BCUT2D eigenvalue weighted by atomic mass is 32.2. The van der Waals surface area contributed by atoms with Crippen LogP contribution in [0.3, 0.4) is 0 Å². The van der Waals surface area contributed by atoms with Crippen molar-refractivity contribution in [3.05, 3.63) is 30.1 Å². The van der Waals surface area contributed by atoms with Crippen molar-refractivity contribution in [3.63, 3.8) is 0 Å². The Kier molecular flexibility index (Phi) is 3.94. The van der Waals surface area contributed by atoms with Crippen LogP contribution in [0.1, 0.15) is 20.3 Å². The summed E-state index contributed by atoms with van der Waals surface area (Å²) < 4.78 is 47.8. The minimum atomic E-state index is -3.40. The maximum Gasteiger partial charge on any atom is 0.178 e. The average Bonchev–Trinajstić information content (AvgIpc) is 2.67. The van der Waals surface area contributed by atoms with Gasteiger partial charge in [0.1, 0.15) is 5.82 Å². The van der Waals surface area contributed by atoms with Crippen molar-refractivity contribution in [2.75, 3.05) is 12.4 Å². The molecular weight excluding hydrogens is 271 g/mol. The van der Waals surface area contributed by atoms with Gasteiger partial charge < -0.3 is 9.47 Å². The SMILES string of the molecule is CC1(C)OCC(CCS(=O)(=O)c2ccc(F)cc2)O1. The summed E-state index contributed by atoms with van der Waals surface area (Å²) in [7, 11) is -3.40. The largest absolute Gasteiger partial charge is 0.348 e. The summed E-state index contributed by atoms with van der Waals surface area (Å²) in [6.07, 6.45) is 0.147. The molecule has 1 fully saturated rings. The van der Waals surface area contributed by atoms with Gasteiger partial charge in [0.15, 0.2) is 15.6 Å². The van der Waals surface area contributed by atoms with Gasteiger partial charge in [-0.25, -0.2) is 12.8 Å². The van der Waals surface area contributed by atoms with E-state index in [1.54, 1.807) is 13.8 Å². The molecule has 1 saturated heterocycles. The van der Waals surface area contributed by atoms with Crippen molar-refractivity contribution >= 4 is 9.84 Å². The molecule has 0 aromatic heterocycles. The van der Waals surface area contributed by atoms with Gasteiger partial charge >= 0.3 is 0 Å². The Morgan fingerprint density at radius 3 is 2.47 bits per heavy atom. The van der Waals surface area contributed by atoms with Crippen LogP contribution in [-0.4, -0.2) is 32.7 Å². The Balaban J connectivity index is 1.97. The summed E-state index contributed by atoms with van der Waals surface area (Å²) in [5.41, 5.74) is 0. The summed E-state index contributed by atoms with van der Waals surface area (Å²) in [6, 6.07) is 4.84. The summed E-state index contributed by atoms with van der Waals surface area (Å²) in [6.45, 7) is 3.98. The fourth-order valence-corrected chi connectivity index (χ4v) is 3.31. The van der Waals surface area contributed by atoms with Crippen molar-refractivity contribution in [1.29, 1.82) is 0 Å². The van der Waals surface area contributed by atoms with Gasteiger partial charge in [-0.15, -0.1) is 0 Å². The van der Waals surface area contributed by atoms with Gasteiger partial charge in [0.05, 0.1) is 23.4 Å². The number of halogens is 1. The van der Waals surface area contributed by atoms with Gasteiger partial charge in [-0.3, -0.25) is 0 Å². The van der Waals surface area contributed by atoms with Crippen LogP contribution < -0.4 is 0 Å². The summed E-state index contributed by atoms with van der Waals surface area (Å²) in [5, 5.41) is 0. The van der Waals surface area contributed by atoms with E-state index < -0.39 is 21.4 Å². The molecule has 0 radical (unpaired) electrons. The molecule has 1 heterocycles. The van der Waals surface area contributed by atoms with Crippen LogP contribution in [0.5, 0.6) is 0 Å². The lowest BCUT2D eigenvalue weighted by molar-refractivity contribution is -0.138. The number of hydrogen-bond donors (Lipinski definition) is 0. The summed E-state index contributed by atoms with van der Waals surface area (Å²) >= 11 is 0. The number of ether oxygens (including phenoxy) is 2. The van der Waals surface area contributed by atoms with E-state index in [0.29, 0.717) is 13.0 Å². The predicted molar refractivity (Wildman–Crippen MR) is 68.0 cm³/mol. The molecule has 19 heavy (non-hydrogen) atoms. The zero-order valence-electron chi connectivity index (χ0n) is 10.9. The van der Waals surface area contributed by atoms with Crippen LogP contribution in [-0.2, 0) is 19.3 Å². The molecule has 1 unspecified atom stereocenters. The van der Waals surface area contributed by atoms with Gasteiger partial charge in [-0.05, 0) is 44.5 Å². The zero-order chi connectivity index (χ0) is 14.1. The lowest BCUT2D eigenvalue weighted by Crippen LogP contribution is -2.23. The van der Waals surface area contributed by atoms with E-state index in [0.717, 1.165) is 12.1 Å². The van der Waals surface area contributed by atoms with Crippen LogP contribution in [0.2, 0.25) is 0 Å². The zero-order valence-corrected chi connectivity index (χ0v) is 11.7. The maximum absolute atomic E-state index is 12.8. The molecule has 2 rings (SSSR count). The van der Waals surface area contributed by atoms with Crippen LogP contribution in [0.15, 0.2) is 29.2 Å². The molecule has 6 heteroatoms. The van der Waals surface area contributed by atoms with E-state index in [4.69, 9.17) is 9.47 Å². The fourth-order valence-electron chi connectivity index (χ4n) is 1.95. The Bertz CT molecular complexity index is 536. The molecule has 0 aliphatic carbocycles. The number of sulfone groups is 1. The molecule has 1 aromatic rings. The molecule has 0 N–H and O–H groups in total. The summed E-state index contributed by atoms with van der Waals surface area (Å²) in [4.78, 5) is 0.132. The van der Waals surface area contributed by atoms with Gasteiger partial charge in [-0.2, -0.15) is 0 Å². The molecule has 1 aliphatic heterocycles. The van der Waals surface area contributed by atoms with Gasteiger partial charge in [-0.1, -0.05) is 0 Å². The van der Waals surface area contributed by atoms with Crippen LogP contribution in [0.25, 0.3) is 0 Å². The first-order chi connectivity index (χ1) is 8.78. The highest BCUT2D eigenvalue weighted by molar-refractivity contribution is 7.91. The molecule has 4 nitrogen and oxygen atoms in total. The lowest BCUT2D eigenvalue weighted by Gasteiger charge is -2.17. The van der Waals surface area contributed by atoms with Crippen molar-refractivity contribution in [3.8, 4) is 0 Å². The quantitative estimate of drug-likeness (QED) is 0.797. The molecule has 1 atom stereocenters. The van der Waals surface area contributed by atoms with Crippen molar-refractivity contribution < 1.29 is 22.3 Å². The third-order valence-electron chi connectivity index (χ3n) is 2.95. The number of hydrogen-bond acceptors (Lipinski definition) is 4. The Morgan fingerprint density at radius 1 is 1.32 bits per heavy atom. The fraction of sp³-hybridized carbons (Fsp3) is 0.538. The monoisotopic (exact) mass is 288 g/mol. The Morgan fingerprint density at radius 2 is 1.95 bits per heavy atom. The molecule has 1 aliphatic rings. The minimum Gasteiger partial charge on any atom is -0.348 e. The standard InChI is InChI=1S/C13H17FO4S/c1-13(2)17-9-11(18-13)7-8-19(15,16)12-5-3-10(14)4-6-12/h3-6,11H,7-9H2,1-2H3. The van der Waals surface area contributed by atoms with Crippen molar-refractivity contribution in [1.82, 2.24) is 0 Å². The first-order valence-corrected chi connectivity index (χ1v) is 7.74. The van der Waals surface area contributed by atoms with Crippen LogP contribution >= 0.6 is 0 Å². The summed E-state index contributed by atoms with van der Waals surface area (Å²) in [5.74, 6) is -1.14. The van der Waals surface area contributed by atoms with E-state index in [9.17, 15) is 12.8 Å². The van der Waals surface area contributed by atoms with Crippen LogP contribution in [0, 0.1) is 5.82 Å². The van der Waals surface area contributed by atoms with E-state index in [-0.39, 0.29) is 16.8 Å². The van der Waals surface area contributed by atoms with Gasteiger partial charge in [0.2, 0.25) is 0 Å². The highest BCUT2D eigenvalue weighted by Crippen LogP contribution is 2.25. The van der Waals surface area contributed by atoms with E-state index in [1.165, 1.54) is 12.1 Å². The van der Waals surface area contributed by atoms with E-state index in [1.807, 2.05) is 0 Å². The average molecular weight is 288 g/mol. The Hall–Kier alpha value is -0.980. The molecule has 0 amide bonds. The number of rotatable bonds is 4. The molecule has 0 spiro atoms. The Labute approximate surface area is 112 Å². The third kappa shape index (κ3) is 3.75. The first-order valence-electron chi connectivity index (χ1n) is 6.09. The second-order valence-corrected chi connectivity index (χ2v) is 7.12. The van der Waals surface area contributed by atoms with E-state index >= 15 is 0 Å². The first kappa shape index (κ1) is 14.4. The third-order valence-corrected chi connectivity index (χ3v) is 4.71. The van der Waals surface area contributed by atoms with Crippen molar-refractivity contribution in [2.45, 2.75) is 37.1 Å². The molecule has 106 valence electrons. The smallest absolute Gasteiger partial charge is 0.178 e. The second kappa shape index (κ2) is 5.19. The van der Waals surface area contributed by atoms with Gasteiger partial charge in [0.25, 0.3) is 0 Å². The predicted octanol–water partition coefficient (Wildman–Crippen LogP) is 2.14. The molecule has 1 aromatic carbocycles. The normalized spacial score (nSPS) is 22.6. The van der Waals surface area contributed by atoms with E-state index in [2.05, 4.69) is 0 Å². The molecular formula is C13H17FO4S. The maximum atomic E-state index is 12.8. The second-order valence-electron chi connectivity index (χ2n) is 5.01. The number of benzene rings is 1. The molecule has 0 saturated carbocycles.